The third-order valence-electron chi connectivity index (χ3n) is 3.41. The molecular formula is C13H17N5O3. The minimum Gasteiger partial charge on any atom is -0.377 e. The summed E-state index contributed by atoms with van der Waals surface area (Å²) >= 11 is 0. The van der Waals surface area contributed by atoms with Crippen molar-refractivity contribution in [2.24, 2.45) is 0 Å². The lowest BCUT2D eigenvalue weighted by Gasteiger charge is -2.33. The highest BCUT2D eigenvalue weighted by atomic mass is 16.5. The summed E-state index contributed by atoms with van der Waals surface area (Å²) in [4.78, 5) is 18.4. The lowest BCUT2D eigenvalue weighted by atomic mass is 10.2. The van der Waals surface area contributed by atoms with Crippen LogP contribution in [0.2, 0.25) is 0 Å². The lowest BCUT2D eigenvalue weighted by molar-refractivity contribution is -0.00561. The lowest BCUT2D eigenvalue weighted by Crippen LogP contribution is -2.44. The van der Waals surface area contributed by atoms with E-state index in [4.69, 9.17) is 9.26 Å². The Labute approximate surface area is 121 Å². The van der Waals surface area contributed by atoms with Crippen LogP contribution in [0.4, 0.5) is 0 Å². The molecule has 1 N–H and O–H groups in total. The molecule has 8 nitrogen and oxygen atoms in total. The number of aryl methyl sites for hydroxylation is 1. The monoisotopic (exact) mass is 291 g/mol. The third kappa shape index (κ3) is 2.80. The van der Waals surface area contributed by atoms with E-state index in [0.29, 0.717) is 31.3 Å². The molecule has 8 heteroatoms. The van der Waals surface area contributed by atoms with Crippen molar-refractivity contribution in [2.75, 3.05) is 19.8 Å². The number of morpholine rings is 1. The number of aromatic amines is 1. The van der Waals surface area contributed by atoms with Gasteiger partial charge in [-0.1, -0.05) is 12.1 Å². The number of aromatic nitrogens is 4. The molecule has 112 valence electrons. The zero-order chi connectivity index (χ0) is 14.7. The van der Waals surface area contributed by atoms with Crippen molar-refractivity contribution in [3.05, 3.63) is 29.7 Å². The predicted molar refractivity (Wildman–Crippen MR) is 71.5 cm³/mol. The number of carbonyl (C=O) groups excluding carboxylic acids is 1. The highest BCUT2D eigenvalue weighted by Crippen LogP contribution is 2.23. The average Bonchev–Trinajstić information content (AvgIpc) is 3.18. The average molecular weight is 291 g/mol. The fraction of sp³-hybridized carbons (Fsp3) is 0.538. The Morgan fingerprint density at radius 3 is 3.24 bits per heavy atom. The van der Waals surface area contributed by atoms with E-state index in [-0.39, 0.29) is 11.9 Å². The number of carbonyl (C=O) groups is 1. The molecule has 1 atom stereocenters. The highest BCUT2D eigenvalue weighted by molar-refractivity contribution is 5.92. The summed E-state index contributed by atoms with van der Waals surface area (Å²) in [5, 5.41) is 10.5. The number of rotatable bonds is 4. The van der Waals surface area contributed by atoms with Gasteiger partial charge in [0.15, 0.2) is 5.69 Å². The number of hydrogen-bond donors (Lipinski definition) is 1. The molecular weight excluding hydrogens is 274 g/mol. The van der Waals surface area contributed by atoms with Crippen LogP contribution >= 0.6 is 0 Å². The maximum absolute atomic E-state index is 12.6. The van der Waals surface area contributed by atoms with Crippen LogP contribution in [0, 0.1) is 0 Å². The molecule has 1 amide bonds. The molecule has 0 aromatic carbocycles. The largest absolute Gasteiger partial charge is 0.377 e. The first-order valence-corrected chi connectivity index (χ1v) is 6.99. The first-order chi connectivity index (χ1) is 10.3. The predicted octanol–water partition coefficient (Wildman–Crippen LogP) is 0.959. The van der Waals surface area contributed by atoms with E-state index in [2.05, 4.69) is 20.3 Å². The minimum absolute atomic E-state index is 0.175. The molecule has 2 aromatic rings. The Morgan fingerprint density at radius 2 is 2.48 bits per heavy atom. The summed E-state index contributed by atoms with van der Waals surface area (Å²) in [5.74, 6) is 1.16. The van der Waals surface area contributed by atoms with E-state index in [1.165, 1.54) is 6.33 Å². The highest BCUT2D eigenvalue weighted by Gasteiger charge is 2.32. The molecule has 0 bridgehead atoms. The zero-order valence-electron chi connectivity index (χ0n) is 11.8. The van der Waals surface area contributed by atoms with Crippen molar-refractivity contribution in [1.82, 2.24) is 25.2 Å². The molecule has 21 heavy (non-hydrogen) atoms. The van der Waals surface area contributed by atoms with Gasteiger partial charge >= 0.3 is 0 Å². The number of ether oxygens (including phenoxy) is 1. The van der Waals surface area contributed by atoms with Gasteiger partial charge in [0.2, 0.25) is 0 Å². The van der Waals surface area contributed by atoms with E-state index >= 15 is 0 Å². The van der Waals surface area contributed by atoms with E-state index < -0.39 is 0 Å². The van der Waals surface area contributed by atoms with Crippen molar-refractivity contribution in [1.29, 1.82) is 0 Å². The van der Waals surface area contributed by atoms with Crippen LogP contribution in [0.15, 0.2) is 16.9 Å². The second-order valence-corrected chi connectivity index (χ2v) is 4.89. The van der Waals surface area contributed by atoms with Crippen molar-refractivity contribution in [3.63, 3.8) is 0 Å². The van der Waals surface area contributed by atoms with Gasteiger partial charge in [0.25, 0.3) is 5.91 Å². The van der Waals surface area contributed by atoms with Crippen molar-refractivity contribution in [3.8, 4) is 0 Å². The number of H-pyrrole nitrogens is 1. The standard InChI is InChI=1S/C13H17N5O3/c1-2-3-9-6-10(17-21-9)13(19)18-4-5-20-7-11(18)12-14-8-15-16-12/h6,8,11H,2-5,7H2,1H3,(H,14,15,16). The molecule has 0 aliphatic carbocycles. The van der Waals surface area contributed by atoms with Gasteiger partial charge in [-0.2, -0.15) is 5.10 Å². The minimum atomic E-state index is -0.278. The van der Waals surface area contributed by atoms with Gasteiger partial charge in [0.05, 0.1) is 13.2 Å². The molecule has 1 aliphatic rings. The van der Waals surface area contributed by atoms with Crippen LogP contribution in [0.3, 0.4) is 0 Å². The quantitative estimate of drug-likeness (QED) is 0.901. The number of amides is 1. The van der Waals surface area contributed by atoms with Crippen molar-refractivity contribution in [2.45, 2.75) is 25.8 Å². The normalized spacial score (nSPS) is 18.9. The summed E-state index contributed by atoms with van der Waals surface area (Å²) in [6.45, 7) is 3.42. The molecule has 2 aromatic heterocycles. The summed E-state index contributed by atoms with van der Waals surface area (Å²) < 4.78 is 10.6. The molecule has 3 rings (SSSR count). The topological polar surface area (TPSA) is 97.1 Å². The first-order valence-electron chi connectivity index (χ1n) is 6.99. The van der Waals surface area contributed by atoms with Crippen LogP contribution in [-0.4, -0.2) is 50.9 Å². The summed E-state index contributed by atoms with van der Waals surface area (Å²) in [6, 6.07) is 1.43. The molecule has 0 spiro atoms. The summed E-state index contributed by atoms with van der Waals surface area (Å²) in [7, 11) is 0. The second-order valence-electron chi connectivity index (χ2n) is 4.89. The van der Waals surface area contributed by atoms with Gasteiger partial charge in [0.1, 0.15) is 24.0 Å². The molecule has 1 aliphatic heterocycles. The number of nitrogens with zero attached hydrogens (tertiary/aromatic N) is 4. The summed E-state index contributed by atoms with van der Waals surface area (Å²) in [5.41, 5.74) is 0.324. The Morgan fingerprint density at radius 1 is 1.57 bits per heavy atom. The maximum atomic E-state index is 12.6. The maximum Gasteiger partial charge on any atom is 0.276 e. The van der Waals surface area contributed by atoms with Crippen LogP contribution < -0.4 is 0 Å². The fourth-order valence-corrected chi connectivity index (χ4v) is 2.37. The van der Waals surface area contributed by atoms with Crippen LogP contribution in [-0.2, 0) is 11.2 Å². The van der Waals surface area contributed by atoms with Gasteiger partial charge in [0, 0.05) is 19.0 Å². The summed E-state index contributed by atoms with van der Waals surface area (Å²) in [6.07, 6.45) is 3.14. The number of hydrogen-bond acceptors (Lipinski definition) is 6. The number of nitrogens with one attached hydrogen (secondary N) is 1. The molecule has 1 saturated heterocycles. The Bertz CT molecular complexity index is 595. The smallest absolute Gasteiger partial charge is 0.276 e. The van der Waals surface area contributed by atoms with E-state index in [1.807, 2.05) is 6.92 Å². The SMILES string of the molecule is CCCc1cc(C(=O)N2CCOCC2c2ncn[nH]2)no1. The third-order valence-corrected chi connectivity index (χ3v) is 3.41. The molecule has 3 heterocycles. The van der Waals surface area contributed by atoms with Crippen molar-refractivity contribution >= 4 is 5.91 Å². The van der Waals surface area contributed by atoms with Gasteiger partial charge in [-0.3, -0.25) is 9.89 Å². The molecule has 1 fully saturated rings. The van der Waals surface area contributed by atoms with E-state index in [9.17, 15) is 4.79 Å². The van der Waals surface area contributed by atoms with Gasteiger partial charge in [-0.05, 0) is 6.42 Å². The molecule has 0 saturated carbocycles. The Balaban J connectivity index is 1.80. The van der Waals surface area contributed by atoms with E-state index in [1.54, 1.807) is 11.0 Å². The van der Waals surface area contributed by atoms with Crippen LogP contribution in [0.25, 0.3) is 0 Å². The first kappa shape index (κ1) is 13.7. The second kappa shape index (κ2) is 6.04. The molecule has 1 unspecified atom stereocenters. The van der Waals surface area contributed by atoms with Crippen LogP contribution in [0.1, 0.15) is 41.5 Å². The van der Waals surface area contributed by atoms with Gasteiger partial charge in [-0.15, -0.1) is 0 Å². The zero-order valence-corrected chi connectivity index (χ0v) is 11.8. The van der Waals surface area contributed by atoms with Crippen LogP contribution in [0.5, 0.6) is 0 Å². The molecule has 0 radical (unpaired) electrons. The van der Waals surface area contributed by atoms with Gasteiger partial charge in [-0.25, -0.2) is 4.98 Å². The van der Waals surface area contributed by atoms with E-state index in [0.717, 1.165) is 18.6 Å². The van der Waals surface area contributed by atoms with Crippen molar-refractivity contribution < 1.29 is 14.1 Å². The Hall–Kier alpha value is -2.22. The van der Waals surface area contributed by atoms with Gasteiger partial charge < -0.3 is 14.2 Å². The fourth-order valence-electron chi connectivity index (χ4n) is 2.37. The Kier molecular flexibility index (Phi) is 3.96.